The minimum absolute atomic E-state index is 0. The van der Waals surface area contributed by atoms with Gasteiger partial charge in [0.15, 0.2) is 0 Å². The van der Waals surface area contributed by atoms with E-state index in [1.54, 1.807) is 0 Å². The van der Waals surface area contributed by atoms with Gasteiger partial charge in [-0.1, -0.05) is 18.2 Å². The average Bonchev–Trinajstić information content (AvgIpc) is 2.52. The molecule has 2 aliphatic heterocycles. The molecule has 8 amide bonds. The minimum Gasteiger partial charge on any atom is -0.508 e. The number of nitrogens with one attached hydrogen (secondary N) is 4. The normalized spacial score (nSPS) is 17.8. The van der Waals surface area contributed by atoms with Crippen LogP contribution in [-0.4, -0.2) is 40.8 Å². The van der Waals surface area contributed by atoms with Crippen molar-refractivity contribution in [1.29, 1.82) is 0 Å². The minimum atomic E-state index is -1.67. The number of carbonyl (C=O) groups is 6. The van der Waals surface area contributed by atoms with Crippen LogP contribution in [-0.2, 0) is 19.2 Å². The van der Waals surface area contributed by atoms with Gasteiger partial charge in [-0.3, -0.25) is 40.4 Å². The summed E-state index contributed by atoms with van der Waals surface area (Å²) in [4.78, 5) is 71.6. The molecule has 28 heavy (non-hydrogen) atoms. The first kappa shape index (κ1) is 24.3. The molecule has 0 aliphatic carbocycles. The number of aromatic hydroxyl groups is 1. The zero-order chi connectivity index (χ0) is 19.0. The molecule has 0 saturated carbocycles. The van der Waals surface area contributed by atoms with Crippen LogP contribution in [0.3, 0.4) is 0 Å². The molecule has 11 nitrogen and oxygen atoms in total. The smallest absolute Gasteiger partial charge is 0.508 e. The second-order valence-electron chi connectivity index (χ2n) is 5.66. The third kappa shape index (κ3) is 4.62. The van der Waals surface area contributed by atoms with E-state index in [-0.39, 0.29) is 70.4 Å². The van der Waals surface area contributed by atoms with E-state index in [1.807, 2.05) is 21.3 Å². The largest absolute Gasteiger partial charge is 1.00 e. The number of benzene rings is 1. The summed E-state index contributed by atoms with van der Waals surface area (Å²) in [5.74, 6) is -9.32. The second kappa shape index (κ2) is 9.63. The Hall–Kier alpha value is -1.76. The second-order valence-corrected chi connectivity index (χ2v) is 5.66. The summed E-state index contributed by atoms with van der Waals surface area (Å²) < 4.78 is 0. The van der Waals surface area contributed by atoms with Gasteiger partial charge in [0.25, 0.3) is 0 Å². The summed E-state index contributed by atoms with van der Waals surface area (Å²) in [5.41, 5.74) is -0.0400. The predicted octanol–water partition coefficient (Wildman–Crippen LogP) is -7.55. The van der Waals surface area contributed by atoms with Gasteiger partial charge in [-0.2, -0.15) is 0 Å². The van der Waals surface area contributed by atoms with Crippen molar-refractivity contribution in [2.24, 2.45) is 11.8 Å². The first-order chi connectivity index (χ1) is 12.3. The summed E-state index contributed by atoms with van der Waals surface area (Å²) in [6.45, 7) is 0. The maximum absolute atomic E-state index is 12.3. The number of hydrogen-bond donors (Lipinski definition) is 5. The molecule has 134 valence electrons. The molecule has 0 aromatic heterocycles. The van der Waals surface area contributed by atoms with Crippen LogP contribution < -0.4 is 80.4 Å². The van der Waals surface area contributed by atoms with Crippen molar-refractivity contribution in [2.75, 3.05) is 0 Å². The molecule has 0 atom stereocenters. The van der Waals surface area contributed by atoms with E-state index in [1.165, 1.54) is 24.3 Å². The first-order valence-electron chi connectivity index (χ1n) is 7.39. The van der Waals surface area contributed by atoms with E-state index in [9.17, 15) is 33.9 Å². The Kier molecular flexibility index (Phi) is 8.35. The van der Waals surface area contributed by atoms with Crippen LogP contribution in [0.15, 0.2) is 24.3 Å². The van der Waals surface area contributed by atoms with Crippen LogP contribution in [0.2, 0.25) is 0 Å². The van der Waals surface area contributed by atoms with Crippen molar-refractivity contribution in [3.63, 3.8) is 0 Å². The Bertz CT molecular complexity index is 788. The number of urea groups is 2. The molecule has 2 heterocycles. The van der Waals surface area contributed by atoms with Crippen LogP contribution in [0.4, 0.5) is 9.59 Å². The van der Waals surface area contributed by atoms with Gasteiger partial charge in [0, 0.05) is 5.92 Å². The Morgan fingerprint density at radius 1 is 0.679 bits per heavy atom. The monoisotopic (exact) mass is 406 g/mol. The standard InChI is InChI=1S/C15H12N4O7.2Na/c20-6-4-2-1-3-5(6)7(8-10(21)16-14(25)17-11(8)22)9-12(23)18-15(26)19-13(9)24;;/h1-4,7-9,20H,(H2,16,17,21,22,25)(H2,18,19,23,24,26);;/q;2*+1. The molecule has 0 unspecified atom stereocenters. The van der Waals surface area contributed by atoms with Gasteiger partial charge in [0.1, 0.15) is 17.6 Å². The summed E-state index contributed by atoms with van der Waals surface area (Å²) in [6, 6.07) is 3.42. The molecule has 13 heteroatoms. The van der Waals surface area contributed by atoms with E-state index in [4.69, 9.17) is 0 Å². The fourth-order valence-corrected chi connectivity index (χ4v) is 3.03. The Labute approximate surface area is 201 Å². The molecule has 0 spiro atoms. The predicted molar refractivity (Wildman–Crippen MR) is 81.2 cm³/mol. The van der Waals surface area contributed by atoms with E-state index in [2.05, 4.69) is 0 Å². The number of phenolic OH excluding ortho intramolecular Hbond substituents is 1. The zero-order valence-corrected chi connectivity index (χ0v) is 18.9. The van der Waals surface area contributed by atoms with E-state index in [0.29, 0.717) is 0 Å². The topological polar surface area (TPSA) is 171 Å². The van der Waals surface area contributed by atoms with Crippen LogP contribution in [0.5, 0.6) is 5.75 Å². The molecular weight excluding hydrogens is 394 g/mol. The van der Waals surface area contributed by atoms with Gasteiger partial charge in [-0.15, -0.1) is 0 Å². The van der Waals surface area contributed by atoms with Crippen molar-refractivity contribution in [3.05, 3.63) is 29.8 Å². The van der Waals surface area contributed by atoms with Crippen LogP contribution >= 0.6 is 0 Å². The maximum atomic E-state index is 12.3. The summed E-state index contributed by atoms with van der Waals surface area (Å²) in [5, 5.41) is 17.7. The van der Waals surface area contributed by atoms with E-state index < -0.39 is 53.4 Å². The molecule has 1 aromatic rings. The number of rotatable bonds is 3. The van der Waals surface area contributed by atoms with Crippen molar-refractivity contribution in [1.82, 2.24) is 21.3 Å². The summed E-state index contributed by atoms with van der Waals surface area (Å²) in [6.07, 6.45) is 0. The number of para-hydroxylation sites is 1. The molecule has 3 rings (SSSR count). The molecule has 5 N–H and O–H groups in total. The van der Waals surface area contributed by atoms with Gasteiger partial charge in [-0.05, 0) is 11.6 Å². The van der Waals surface area contributed by atoms with Gasteiger partial charge < -0.3 is 5.11 Å². The number of phenols is 1. The number of imide groups is 4. The average molecular weight is 406 g/mol. The van der Waals surface area contributed by atoms with Crippen molar-refractivity contribution >= 4 is 35.7 Å². The molecule has 2 aliphatic rings. The molecular formula is C15H12N4Na2O7+2. The van der Waals surface area contributed by atoms with Gasteiger partial charge in [0.2, 0.25) is 23.6 Å². The third-order valence-electron chi connectivity index (χ3n) is 4.09. The Balaban J connectivity index is 0.00000196. The number of carbonyl (C=O) groups excluding carboxylic acids is 6. The number of hydrogen-bond acceptors (Lipinski definition) is 7. The van der Waals surface area contributed by atoms with Crippen LogP contribution in [0.25, 0.3) is 0 Å². The quantitative estimate of drug-likeness (QED) is 0.245. The molecule has 0 radical (unpaired) electrons. The van der Waals surface area contributed by atoms with Gasteiger partial charge in [-0.25, -0.2) is 9.59 Å². The fourth-order valence-electron chi connectivity index (χ4n) is 3.03. The van der Waals surface area contributed by atoms with Gasteiger partial charge in [0.05, 0.1) is 0 Å². The van der Waals surface area contributed by atoms with E-state index >= 15 is 0 Å². The maximum Gasteiger partial charge on any atom is 1.00 e. The molecule has 0 bridgehead atoms. The van der Waals surface area contributed by atoms with Crippen molar-refractivity contribution < 1.29 is 93.0 Å². The van der Waals surface area contributed by atoms with Crippen LogP contribution in [0.1, 0.15) is 11.5 Å². The van der Waals surface area contributed by atoms with Crippen LogP contribution in [0, 0.1) is 11.8 Å². The third-order valence-corrected chi connectivity index (χ3v) is 4.09. The molecule has 2 saturated heterocycles. The molecule has 2 fully saturated rings. The fraction of sp³-hybridized carbons (Fsp3) is 0.200. The number of amides is 8. The van der Waals surface area contributed by atoms with Gasteiger partial charge >= 0.3 is 71.2 Å². The first-order valence-corrected chi connectivity index (χ1v) is 7.39. The van der Waals surface area contributed by atoms with E-state index in [0.717, 1.165) is 0 Å². The Morgan fingerprint density at radius 2 is 1.04 bits per heavy atom. The SMILES string of the molecule is O=C1NC(=O)C(C(c2ccccc2O)C2C(=O)NC(=O)NC2=O)C(=O)N1.[Na+].[Na+]. The number of barbiturate groups is 2. The molecule has 1 aromatic carbocycles. The Morgan fingerprint density at radius 3 is 1.39 bits per heavy atom. The van der Waals surface area contributed by atoms with Crippen molar-refractivity contribution in [2.45, 2.75) is 5.92 Å². The summed E-state index contributed by atoms with van der Waals surface area (Å²) in [7, 11) is 0. The zero-order valence-electron chi connectivity index (χ0n) is 14.9. The van der Waals surface area contributed by atoms with Crippen molar-refractivity contribution in [3.8, 4) is 5.75 Å². The summed E-state index contributed by atoms with van der Waals surface area (Å²) >= 11 is 0.